The summed E-state index contributed by atoms with van der Waals surface area (Å²) in [6, 6.07) is 5.14. The quantitative estimate of drug-likeness (QED) is 0.840. The lowest BCUT2D eigenvalue weighted by molar-refractivity contribution is -0.119. The smallest absolute Gasteiger partial charge is 0.221 e. The lowest BCUT2D eigenvalue weighted by atomic mass is 10.2. The van der Waals surface area contributed by atoms with Crippen molar-refractivity contribution in [3.63, 3.8) is 0 Å². The molecule has 1 amide bonds. The van der Waals surface area contributed by atoms with Gasteiger partial charge in [0.25, 0.3) is 0 Å². The molecule has 16 heavy (non-hydrogen) atoms. The van der Waals surface area contributed by atoms with E-state index in [4.69, 9.17) is 10.5 Å². The van der Waals surface area contributed by atoms with E-state index in [0.717, 1.165) is 0 Å². The van der Waals surface area contributed by atoms with Gasteiger partial charge in [0.15, 0.2) is 6.29 Å². The Balaban J connectivity index is 2.87. The number of amides is 1. The van der Waals surface area contributed by atoms with E-state index in [1.165, 1.54) is 0 Å². The zero-order chi connectivity index (χ0) is 12.1. The molecular formula is C11H12BrNO3. The number of nitrogens with two attached hydrogens (primary N) is 1. The number of para-hydroxylation sites is 1. The molecular weight excluding hydrogens is 274 g/mol. The maximum Gasteiger partial charge on any atom is 0.221 e. The molecule has 0 radical (unpaired) electrons. The summed E-state index contributed by atoms with van der Waals surface area (Å²) < 4.78 is 6.17. The molecule has 86 valence electrons. The first-order chi connectivity index (χ1) is 7.54. The first kappa shape index (κ1) is 12.7. The predicted molar refractivity (Wildman–Crippen MR) is 63.4 cm³/mol. The van der Waals surface area contributed by atoms with Gasteiger partial charge in [-0.2, -0.15) is 0 Å². The average molecular weight is 286 g/mol. The van der Waals surface area contributed by atoms with Crippen molar-refractivity contribution in [2.24, 2.45) is 5.73 Å². The average Bonchev–Trinajstić information content (AvgIpc) is 2.20. The summed E-state index contributed by atoms with van der Waals surface area (Å²) >= 11 is 3.28. The molecule has 0 aliphatic carbocycles. The first-order valence-corrected chi connectivity index (χ1v) is 5.52. The monoisotopic (exact) mass is 285 g/mol. The molecule has 2 N–H and O–H groups in total. The van der Waals surface area contributed by atoms with Gasteiger partial charge in [0, 0.05) is 0 Å². The molecule has 1 atom stereocenters. The van der Waals surface area contributed by atoms with E-state index in [1.54, 1.807) is 25.1 Å². The minimum Gasteiger partial charge on any atom is -0.488 e. The number of hydrogen-bond donors (Lipinski definition) is 1. The Morgan fingerprint density at radius 1 is 1.62 bits per heavy atom. The Kier molecular flexibility index (Phi) is 4.49. The third-order valence-electron chi connectivity index (χ3n) is 1.93. The Morgan fingerprint density at radius 2 is 2.31 bits per heavy atom. The summed E-state index contributed by atoms with van der Waals surface area (Å²) in [5, 5.41) is 0. The summed E-state index contributed by atoms with van der Waals surface area (Å²) in [7, 11) is 0. The van der Waals surface area contributed by atoms with Crippen molar-refractivity contribution in [3.05, 3.63) is 28.2 Å². The molecule has 0 saturated heterocycles. The maximum absolute atomic E-state index is 10.8. The van der Waals surface area contributed by atoms with Crippen LogP contribution in [0.3, 0.4) is 0 Å². The molecule has 0 fully saturated rings. The summed E-state index contributed by atoms with van der Waals surface area (Å²) in [6.07, 6.45) is 0.450. The van der Waals surface area contributed by atoms with Crippen LogP contribution >= 0.6 is 15.9 Å². The largest absolute Gasteiger partial charge is 0.488 e. The summed E-state index contributed by atoms with van der Waals surface area (Å²) in [4.78, 5) is 21.5. The minimum atomic E-state index is -0.438. The SMILES string of the molecule is CC(CC(N)=O)Oc1c(Br)cccc1C=O. The fourth-order valence-corrected chi connectivity index (χ4v) is 1.74. The first-order valence-electron chi connectivity index (χ1n) is 4.73. The van der Waals surface area contributed by atoms with Crippen LogP contribution < -0.4 is 10.5 Å². The van der Waals surface area contributed by atoms with Crippen molar-refractivity contribution in [1.82, 2.24) is 0 Å². The molecule has 1 rings (SSSR count). The molecule has 1 aromatic carbocycles. The number of rotatable bonds is 5. The van der Waals surface area contributed by atoms with Gasteiger partial charge in [-0.05, 0) is 35.0 Å². The van der Waals surface area contributed by atoms with Crippen LogP contribution in [-0.4, -0.2) is 18.3 Å². The van der Waals surface area contributed by atoms with E-state index in [9.17, 15) is 9.59 Å². The number of benzene rings is 1. The van der Waals surface area contributed by atoms with Gasteiger partial charge in [0.05, 0.1) is 16.5 Å². The van der Waals surface area contributed by atoms with E-state index in [0.29, 0.717) is 22.1 Å². The summed E-state index contributed by atoms with van der Waals surface area (Å²) in [5.41, 5.74) is 5.49. The fourth-order valence-electron chi connectivity index (χ4n) is 1.27. The van der Waals surface area contributed by atoms with Crippen molar-refractivity contribution < 1.29 is 14.3 Å². The van der Waals surface area contributed by atoms with Gasteiger partial charge in [0.1, 0.15) is 11.9 Å². The highest BCUT2D eigenvalue weighted by Gasteiger charge is 2.13. The second kappa shape index (κ2) is 5.65. The van der Waals surface area contributed by atoms with Gasteiger partial charge in [0.2, 0.25) is 5.91 Å². The van der Waals surface area contributed by atoms with E-state index < -0.39 is 5.91 Å². The number of primary amides is 1. The standard InChI is InChI=1S/C11H12BrNO3/c1-7(5-10(13)15)16-11-8(6-14)3-2-4-9(11)12/h2-4,6-7H,5H2,1H3,(H2,13,15). The zero-order valence-corrected chi connectivity index (χ0v) is 10.4. The molecule has 0 heterocycles. The second-order valence-electron chi connectivity index (χ2n) is 3.37. The van der Waals surface area contributed by atoms with Gasteiger partial charge in [-0.15, -0.1) is 0 Å². The number of hydrogen-bond acceptors (Lipinski definition) is 3. The molecule has 0 bridgehead atoms. The van der Waals surface area contributed by atoms with Gasteiger partial charge in [-0.25, -0.2) is 0 Å². The van der Waals surface area contributed by atoms with Crippen molar-refractivity contribution in [2.75, 3.05) is 0 Å². The van der Waals surface area contributed by atoms with E-state index in [1.807, 2.05) is 0 Å². The molecule has 5 heteroatoms. The van der Waals surface area contributed by atoms with Gasteiger partial charge in [-0.1, -0.05) is 6.07 Å². The van der Waals surface area contributed by atoms with Gasteiger partial charge in [-0.3, -0.25) is 9.59 Å². The lowest BCUT2D eigenvalue weighted by Crippen LogP contribution is -2.22. The van der Waals surface area contributed by atoms with Crippen molar-refractivity contribution in [1.29, 1.82) is 0 Å². The van der Waals surface area contributed by atoms with Crippen LogP contribution in [0.15, 0.2) is 22.7 Å². The lowest BCUT2D eigenvalue weighted by Gasteiger charge is -2.15. The highest BCUT2D eigenvalue weighted by atomic mass is 79.9. The Hall–Kier alpha value is -1.36. The Labute approximate surface area is 102 Å². The summed E-state index contributed by atoms with van der Waals surface area (Å²) in [6.45, 7) is 1.72. The minimum absolute atomic E-state index is 0.111. The third-order valence-corrected chi connectivity index (χ3v) is 2.56. The molecule has 0 aliphatic heterocycles. The number of carbonyl (C=O) groups is 2. The number of carbonyl (C=O) groups excluding carboxylic acids is 2. The van der Waals surface area contributed by atoms with Crippen LogP contribution in [0.4, 0.5) is 0 Å². The van der Waals surface area contributed by atoms with Gasteiger partial charge < -0.3 is 10.5 Å². The molecule has 1 aromatic rings. The van der Waals surface area contributed by atoms with Crippen LogP contribution in [0.1, 0.15) is 23.7 Å². The summed E-state index contributed by atoms with van der Waals surface area (Å²) in [5.74, 6) is -0.00143. The van der Waals surface area contributed by atoms with Crippen molar-refractivity contribution in [3.8, 4) is 5.75 Å². The van der Waals surface area contributed by atoms with Crippen LogP contribution in [0, 0.1) is 0 Å². The Morgan fingerprint density at radius 3 is 2.88 bits per heavy atom. The van der Waals surface area contributed by atoms with Crippen molar-refractivity contribution >= 4 is 28.1 Å². The molecule has 0 saturated carbocycles. The Bertz CT molecular complexity index is 406. The van der Waals surface area contributed by atoms with Crippen LogP contribution in [0.25, 0.3) is 0 Å². The zero-order valence-electron chi connectivity index (χ0n) is 8.77. The fraction of sp³-hybridized carbons (Fsp3) is 0.273. The number of aldehydes is 1. The third kappa shape index (κ3) is 3.34. The van der Waals surface area contributed by atoms with E-state index in [2.05, 4.69) is 15.9 Å². The molecule has 1 unspecified atom stereocenters. The maximum atomic E-state index is 10.8. The number of ether oxygens (including phenoxy) is 1. The second-order valence-corrected chi connectivity index (χ2v) is 4.23. The van der Waals surface area contributed by atoms with E-state index in [-0.39, 0.29) is 12.5 Å². The van der Waals surface area contributed by atoms with Crippen LogP contribution in [0.2, 0.25) is 0 Å². The predicted octanol–water partition coefficient (Wildman–Crippen LogP) is 1.90. The highest BCUT2D eigenvalue weighted by molar-refractivity contribution is 9.10. The molecule has 0 spiro atoms. The normalized spacial score (nSPS) is 11.9. The topological polar surface area (TPSA) is 69.4 Å². The molecule has 0 aromatic heterocycles. The van der Waals surface area contributed by atoms with E-state index >= 15 is 0 Å². The molecule has 4 nitrogen and oxygen atoms in total. The van der Waals surface area contributed by atoms with Crippen molar-refractivity contribution in [2.45, 2.75) is 19.4 Å². The number of halogens is 1. The molecule has 0 aliphatic rings. The van der Waals surface area contributed by atoms with Crippen LogP contribution in [0.5, 0.6) is 5.75 Å². The highest BCUT2D eigenvalue weighted by Crippen LogP contribution is 2.29. The van der Waals surface area contributed by atoms with Crippen LogP contribution in [-0.2, 0) is 4.79 Å². The van der Waals surface area contributed by atoms with Gasteiger partial charge >= 0.3 is 0 Å².